The lowest BCUT2D eigenvalue weighted by Gasteiger charge is -2.41. The van der Waals surface area contributed by atoms with Crippen molar-refractivity contribution in [2.75, 3.05) is 6.54 Å². The summed E-state index contributed by atoms with van der Waals surface area (Å²) < 4.78 is 24.5. The molecule has 2 aromatic carbocycles. The molecule has 2 heterocycles. The number of esters is 1. The van der Waals surface area contributed by atoms with E-state index in [1.54, 1.807) is 0 Å². The fourth-order valence-corrected chi connectivity index (χ4v) is 3.91. The van der Waals surface area contributed by atoms with Gasteiger partial charge in [-0.25, -0.2) is 9.18 Å². The second-order valence-electron chi connectivity index (χ2n) is 7.72. The lowest BCUT2D eigenvalue weighted by Crippen LogP contribution is -2.65. The van der Waals surface area contributed by atoms with E-state index < -0.39 is 42.1 Å². The quantitative estimate of drug-likeness (QED) is 0.624. The smallest absolute Gasteiger partial charge is 0.331 e. The van der Waals surface area contributed by atoms with Crippen LogP contribution in [-0.2, 0) is 37.0 Å². The second-order valence-corrected chi connectivity index (χ2v) is 7.72. The van der Waals surface area contributed by atoms with E-state index in [0.29, 0.717) is 24.9 Å². The first-order chi connectivity index (χ1) is 15.5. The van der Waals surface area contributed by atoms with Gasteiger partial charge in [0.15, 0.2) is 0 Å². The van der Waals surface area contributed by atoms with Crippen LogP contribution in [0.25, 0.3) is 0 Å². The van der Waals surface area contributed by atoms with Crippen molar-refractivity contribution in [2.24, 2.45) is 5.73 Å². The molecule has 2 aromatic rings. The monoisotopic (exact) mass is 441 g/mol. The number of benzene rings is 2. The Labute approximate surface area is 184 Å². The van der Waals surface area contributed by atoms with Gasteiger partial charge in [0.2, 0.25) is 6.23 Å². The third kappa shape index (κ3) is 4.35. The molecular formula is C23H24FN3O5. The Kier molecular flexibility index (Phi) is 6.48. The molecule has 9 heteroatoms. The predicted octanol–water partition coefficient (Wildman–Crippen LogP) is 1.53. The van der Waals surface area contributed by atoms with Crippen LogP contribution in [0.3, 0.4) is 0 Å². The molecule has 168 valence electrons. The minimum Gasteiger partial charge on any atom is -0.430 e. The van der Waals surface area contributed by atoms with Gasteiger partial charge in [0.25, 0.3) is 18.0 Å². The van der Waals surface area contributed by atoms with Crippen LogP contribution in [0.1, 0.15) is 24.0 Å². The van der Waals surface area contributed by atoms with Crippen molar-refractivity contribution in [1.29, 1.82) is 0 Å². The molecule has 2 saturated heterocycles. The first-order valence-corrected chi connectivity index (χ1v) is 10.4. The number of hydrogen-bond acceptors (Lipinski definition) is 6. The highest BCUT2D eigenvalue weighted by molar-refractivity contribution is 6.01. The van der Waals surface area contributed by atoms with Gasteiger partial charge >= 0.3 is 5.97 Å². The Bertz CT molecular complexity index is 985. The van der Waals surface area contributed by atoms with Crippen molar-refractivity contribution < 1.29 is 28.2 Å². The Balaban J connectivity index is 1.62. The van der Waals surface area contributed by atoms with Crippen LogP contribution in [0.15, 0.2) is 54.6 Å². The predicted molar refractivity (Wildman–Crippen MR) is 111 cm³/mol. The number of fused-ring (bicyclic) bond motifs is 1. The SMILES string of the molecule is NCCCC1C(=O)OC2C(=O)N(Cc3ccc(F)cc3)C(OCc3ccccc3)C(=O)N12. The van der Waals surface area contributed by atoms with Gasteiger partial charge in [0, 0.05) is 6.54 Å². The van der Waals surface area contributed by atoms with Gasteiger partial charge in [-0.2, -0.15) is 0 Å². The van der Waals surface area contributed by atoms with Crippen molar-refractivity contribution in [2.45, 2.75) is 44.5 Å². The molecular weight excluding hydrogens is 417 g/mol. The van der Waals surface area contributed by atoms with Crippen LogP contribution in [0.5, 0.6) is 0 Å². The molecule has 4 rings (SSSR count). The molecule has 0 aliphatic carbocycles. The first-order valence-electron chi connectivity index (χ1n) is 10.4. The zero-order chi connectivity index (χ0) is 22.7. The van der Waals surface area contributed by atoms with E-state index in [-0.39, 0.29) is 13.2 Å². The van der Waals surface area contributed by atoms with Crippen molar-refractivity contribution >= 4 is 17.8 Å². The molecule has 32 heavy (non-hydrogen) atoms. The third-order valence-electron chi connectivity index (χ3n) is 5.53. The molecule has 0 bridgehead atoms. The fraction of sp³-hybridized carbons (Fsp3) is 0.348. The van der Waals surface area contributed by atoms with Gasteiger partial charge in [-0.15, -0.1) is 0 Å². The lowest BCUT2D eigenvalue weighted by atomic mass is 10.1. The van der Waals surface area contributed by atoms with E-state index in [9.17, 15) is 18.8 Å². The maximum Gasteiger partial charge on any atom is 0.331 e. The number of carbonyl (C=O) groups is 3. The summed E-state index contributed by atoms with van der Waals surface area (Å²) in [5.41, 5.74) is 6.99. The number of halogens is 1. The zero-order valence-corrected chi connectivity index (χ0v) is 17.4. The highest BCUT2D eigenvalue weighted by Gasteiger charge is 2.56. The zero-order valence-electron chi connectivity index (χ0n) is 17.4. The summed E-state index contributed by atoms with van der Waals surface area (Å²) in [4.78, 5) is 41.5. The molecule has 2 N–H and O–H groups in total. The Morgan fingerprint density at radius 2 is 1.69 bits per heavy atom. The number of rotatable bonds is 8. The van der Waals surface area contributed by atoms with Gasteiger partial charge < -0.3 is 15.2 Å². The average molecular weight is 441 g/mol. The van der Waals surface area contributed by atoms with Gasteiger partial charge in [-0.3, -0.25) is 19.4 Å². The standard InChI is InChI=1S/C23H24FN3O5/c24-17-10-8-15(9-11-17)13-26-19(28)22-27(18(7-4-12-25)23(30)32-22)20(29)21(26)31-14-16-5-2-1-3-6-16/h1-3,5-6,8-11,18,21-22H,4,7,12-14,25H2. The van der Waals surface area contributed by atoms with E-state index in [4.69, 9.17) is 15.2 Å². The summed E-state index contributed by atoms with van der Waals surface area (Å²) in [5.74, 6) is -2.13. The summed E-state index contributed by atoms with van der Waals surface area (Å²) in [6, 6.07) is 14.0. The Morgan fingerprint density at radius 1 is 0.969 bits per heavy atom. The number of hydrogen-bond donors (Lipinski definition) is 1. The molecule has 0 spiro atoms. The number of amides is 2. The molecule has 0 saturated carbocycles. The fourth-order valence-electron chi connectivity index (χ4n) is 3.91. The first kappa shape index (κ1) is 21.9. The Morgan fingerprint density at radius 3 is 2.38 bits per heavy atom. The Hall–Kier alpha value is -3.30. The molecule has 0 radical (unpaired) electrons. The minimum absolute atomic E-state index is 0.000331. The number of nitrogens with zero attached hydrogens (tertiary/aromatic N) is 2. The van der Waals surface area contributed by atoms with Crippen LogP contribution in [0.2, 0.25) is 0 Å². The molecule has 3 atom stereocenters. The van der Waals surface area contributed by atoms with E-state index in [2.05, 4.69) is 0 Å². The highest BCUT2D eigenvalue weighted by Crippen LogP contribution is 2.31. The maximum absolute atomic E-state index is 13.4. The van der Waals surface area contributed by atoms with Crippen molar-refractivity contribution in [3.8, 4) is 0 Å². The van der Waals surface area contributed by atoms with Crippen molar-refractivity contribution in [1.82, 2.24) is 9.80 Å². The largest absolute Gasteiger partial charge is 0.430 e. The maximum atomic E-state index is 13.4. The van der Waals surface area contributed by atoms with Gasteiger partial charge in [-0.1, -0.05) is 42.5 Å². The van der Waals surface area contributed by atoms with Crippen LogP contribution in [0, 0.1) is 5.82 Å². The molecule has 2 aliphatic rings. The van der Waals surface area contributed by atoms with E-state index >= 15 is 0 Å². The molecule has 2 aliphatic heterocycles. The van der Waals surface area contributed by atoms with E-state index in [1.165, 1.54) is 34.1 Å². The number of piperazine rings is 1. The van der Waals surface area contributed by atoms with Crippen molar-refractivity contribution in [3.63, 3.8) is 0 Å². The van der Waals surface area contributed by atoms with E-state index in [0.717, 1.165) is 5.56 Å². The summed E-state index contributed by atoms with van der Waals surface area (Å²) in [5, 5.41) is 0. The minimum atomic E-state index is -1.34. The van der Waals surface area contributed by atoms with Crippen LogP contribution >= 0.6 is 0 Å². The number of ether oxygens (including phenoxy) is 2. The topological polar surface area (TPSA) is 102 Å². The highest BCUT2D eigenvalue weighted by atomic mass is 19.1. The molecule has 8 nitrogen and oxygen atoms in total. The lowest BCUT2D eigenvalue weighted by molar-refractivity contribution is -0.196. The van der Waals surface area contributed by atoms with Crippen molar-refractivity contribution in [3.05, 3.63) is 71.5 Å². The van der Waals surface area contributed by atoms with Crippen LogP contribution in [0.4, 0.5) is 4.39 Å². The van der Waals surface area contributed by atoms with Gasteiger partial charge in [0.1, 0.15) is 11.9 Å². The average Bonchev–Trinajstić information content (AvgIpc) is 3.14. The number of carbonyl (C=O) groups excluding carboxylic acids is 3. The summed E-state index contributed by atoms with van der Waals surface area (Å²) in [6.45, 7) is 0.430. The molecule has 2 fully saturated rings. The van der Waals surface area contributed by atoms with Gasteiger partial charge in [0.05, 0.1) is 6.61 Å². The van der Waals surface area contributed by atoms with Crippen LogP contribution < -0.4 is 5.73 Å². The molecule has 2 amide bonds. The summed E-state index contributed by atoms with van der Waals surface area (Å²) >= 11 is 0. The van der Waals surface area contributed by atoms with E-state index in [1.807, 2.05) is 30.3 Å². The number of nitrogens with two attached hydrogens (primary N) is 1. The van der Waals surface area contributed by atoms with Crippen LogP contribution in [-0.4, -0.2) is 52.6 Å². The molecule has 3 unspecified atom stereocenters. The molecule has 0 aromatic heterocycles. The second kappa shape index (κ2) is 9.46. The third-order valence-corrected chi connectivity index (χ3v) is 5.53. The summed E-state index contributed by atoms with van der Waals surface area (Å²) in [7, 11) is 0. The van der Waals surface area contributed by atoms with Gasteiger partial charge in [-0.05, 0) is 42.6 Å². The summed E-state index contributed by atoms with van der Waals surface area (Å²) in [6.07, 6.45) is -1.79. The normalized spacial score (nSPS) is 22.8.